The quantitative estimate of drug-likeness (QED) is 0.421. The zero-order chi connectivity index (χ0) is 25.5. The van der Waals surface area contributed by atoms with E-state index in [1.807, 2.05) is 78.9 Å². The van der Waals surface area contributed by atoms with Crippen LogP contribution in [0.4, 0.5) is 11.4 Å². The highest BCUT2D eigenvalue weighted by Crippen LogP contribution is 2.46. The lowest BCUT2D eigenvalue weighted by molar-refractivity contribution is -0.144. The summed E-state index contributed by atoms with van der Waals surface area (Å²) < 4.78 is 10.5. The summed E-state index contributed by atoms with van der Waals surface area (Å²) in [6.45, 7) is 1.98. The lowest BCUT2D eigenvalue weighted by Gasteiger charge is -2.30. The Bertz CT molecular complexity index is 1240. The fraction of sp³-hybridized carbons (Fsp3) is 0.276. The van der Waals surface area contributed by atoms with Crippen LogP contribution in [0.2, 0.25) is 0 Å². The first-order valence-electron chi connectivity index (χ1n) is 12.1. The van der Waals surface area contributed by atoms with Gasteiger partial charge < -0.3 is 14.8 Å². The van der Waals surface area contributed by atoms with Crippen molar-refractivity contribution < 1.29 is 23.9 Å². The molecule has 36 heavy (non-hydrogen) atoms. The monoisotopic (exact) mass is 486 g/mol. The molecule has 0 saturated carbocycles. The van der Waals surface area contributed by atoms with Crippen LogP contribution in [0.1, 0.15) is 37.3 Å². The summed E-state index contributed by atoms with van der Waals surface area (Å²) in [4.78, 5) is 41.3. The molecule has 7 heteroatoms. The largest absolute Gasteiger partial charge is 0.496 e. The first-order valence-corrected chi connectivity index (χ1v) is 12.1. The predicted octanol–water partition coefficient (Wildman–Crippen LogP) is 4.66. The van der Waals surface area contributed by atoms with E-state index < -0.39 is 11.5 Å². The van der Waals surface area contributed by atoms with Crippen molar-refractivity contribution in [3.05, 3.63) is 90.0 Å². The Morgan fingerprint density at radius 3 is 2.36 bits per heavy atom. The number of carbonyl (C=O) groups excluding carboxylic acids is 3. The number of para-hydroxylation sites is 3. The van der Waals surface area contributed by atoms with Crippen molar-refractivity contribution in [3.8, 4) is 5.75 Å². The molecule has 2 amide bonds. The number of hydrogen-bond donors (Lipinski definition) is 1. The number of amides is 2. The van der Waals surface area contributed by atoms with E-state index in [4.69, 9.17) is 9.47 Å². The normalized spacial score (nSPS) is 16.4. The van der Waals surface area contributed by atoms with Gasteiger partial charge >= 0.3 is 5.97 Å². The maximum atomic E-state index is 14.1. The number of benzene rings is 3. The molecule has 1 heterocycles. The predicted molar refractivity (Wildman–Crippen MR) is 137 cm³/mol. The van der Waals surface area contributed by atoms with Crippen molar-refractivity contribution in [1.82, 2.24) is 5.32 Å². The van der Waals surface area contributed by atoms with Crippen molar-refractivity contribution in [2.45, 2.75) is 38.1 Å². The molecule has 0 aromatic heterocycles. The Morgan fingerprint density at radius 1 is 0.917 bits per heavy atom. The minimum atomic E-state index is -1.39. The SMILES string of the molecule is CCOC(=O)CCC1(NC(=O)CCc2ccccc2OC)C(=O)N(c2ccccc2)c2ccccc21. The highest BCUT2D eigenvalue weighted by Gasteiger charge is 2.52. The van der Waals surface area contributed by atoms with E-state index in [0.717, 1.165) is 5.56 Å². The second-order valence-corrected chi connectivity index (χ2v) is 8.56. The molecule has 0 radical (unpaired) electrons. The van der Waals surface area contributed by atoms with Crippen LogP contribution in [-0.4, -0.2) is 31.5 Å². The van der Waals surface area contributed by atoms with Gasteiger partial charge in [-0.15, -0.1) is 0 Å². The van der Waals surface area contributed by atoms with Crippen LogP contribution in [0.25, 0.3) is 0 Å². The zero-order valence-corrected chi connectivity index (χ0v) is 20.5. The Kier molecular flexibility index (Phi) is 7.68. The number of ether oxygens (including phenoxy) is 2. The minimum Gasteiger partial charge on any atom is -0.496 e. The molecule has 3 aromatic carbocycles. The van der Waals surface area contributed by atoms with Gasteiger partial charge in [0.1, 0.15) is 11.3 Å². The Morgan fingerprint density at radius 2 is 1.61 bits per heavy atom. The second-order valence-electron chi connectivity index (χ2n) is 8.56. The summed E-state index contributed by atoms with van der Waals surface area (Å²) >= 11 is 0. The van der Waals surface area contributed by atoms with E-state index in [0.29, 0.717) is 29.1 Å². The molecule has 7 nitrogen and oxygen atoms in total. The van der Waals surface area contributed by atoms with Gasteiger partial charge in [0, 0.05) is 24.1 Å². The van der Waals surface area contributed by atoms with Gasteiger partial charge in [0.15, 0.2) is 0 Å². The van der Waals surface area contributed by atoms with Crippen LogP contribution in [0.5, 0.6) is 5.75 Å². The van der Waals surface area contributed by atoms with Gasteiger partial charge in [-0.05, 0) is 49.6 Å². The topological polar surface area (TPSA) is 84.9 Å². The van der Waals surface area contributed by atoms with Crippen molar-refractivity contribution >= 4 is 29.2 Å². The van der Waals surface area contributed by atoms with Crippen LogP contribution < -0.4 is 15.0 Å². The number of aryl methyl sites for hydroxylation is 1. The van der Waals surface area contributed by atoms with Gasteiger partial charge in [-0.2, -0.15) is 0 Å². The average molecular weight is 487 g/mol. The smallest absolute Gasteiger partial charge is 0.305 e. The average Bonchev–Trinajstić information content (AvgIpc) is 3.14. The number of rotatable bonds is 10. The van der Waals surface area contributed by atoms with Crippen molar-refractivity contribution in [3.63, 3.8) is 0 Å². The third kappa shape index (κ3) is 4.96. The second kappa shape index (κ2) is 11.1. The van der Waals surface area contributed by atoms with Crippen LogP contribution in [0.3, 0.4) is 0 Å². The van der Waals surface area contributed by atoms with E-state index in [-0.39, 0.29) is 37.7 Å². The minimum absolute atomic E-state index is 0.0106. The summed E-state index contributed by atoms with van der Waals surface area (Å²) in [5.74, 6) is -0.295. The van der Waals surface area contributed by atoms with E-state index in [9.17, 15) is 14.4 Å². The van der Waals surface area contributed by atoms with Gasteiger partial charge in [0.25, 0.3) is 5.91 Å². The van der Waals surface area contributed by atoms with Crippen molar-refractivity contribution in [2.75, 3.05) is 18.6 Å². The number of fused-ring (bicyclic) bond motifs is 1. The third-order valence-corrected chi connectivity index (χ3v) is 6.36. The first kappa shape index (κ1) is 25.0. The molecular formula is C29H30N2O5. The maximum Gasteiger partial charge on any atom is 0.305 e. The van der Waals surface area contributed by atoms with E-state index in [1.165, 1.54) is 0 Å². The Balaban J connectivity index is 1.66. The number of carbonyl (C=O) groups is 3. The summed E-state index contributed by atoms with van der Waals surface area (Å²) in [5, 5.41) is 3.02. The summed E-state index contributed by atoms with van der Waals surface area (Å²) in [5.41, 5.74) is 1.55. The molecule has 3 aromatic rings. The molecule has 0 fully saturated rings. The summed E-state index contributed by atoms with van der Waals surface area (Å²) in [6, 6.07) is 24.2. The van der Waals surface area contributed by atoms with Gasteiger partial charge in [-0.3, -0.25) is 19.3 Å². The first-order chi connectivity index (χ1) is 17.5. The Labute approximate surface area is 211 Å². The highest BCUT2D eigenvalue weighted by atomic mass is 16.5. The number of anilines is 2. The number of esters is 1. The number of hydrogen-bond acceptors (Lipinski definition) is 5. The van der Waals surface area contributed by atoms with E-state index >= 15 is 0 Å². The van der Waals surface area contributed by atoms with Crippen LogP contribution >= 0.6 is 0 Å². The molecule has 0 bridgehead atoms. The molecule has 4 rings (SSSR count). The number of nitrogens with one attached hydrogen (secondary N) is 1. The zero-order valence-electron chi connectivity index (χ0n) is 20.5. The van der Waals surface area contributed by atoms with Gasteiger partial charge in [0.2, 0.25) is 5.91 Å². The van der Waals surface area contributed by atoms with E-state index in [1.54, 1.807) is 18.9 Å². The van der Waals surface area contributed by atoms with Crippen molar-refractivity contribution in [1.29, 1.82) is 0 Å². The highest BCUT2D eigenvalue weighted by molar-refractivity contribution is 6.14. The van der Waals surface area contributed by atoms with Crippen LogP contribution in [0, 0.1) is 0 Å². The van der Waals surface area contributed by atoms with Gasteiger partial charge in [-0.1, -0.05) is 54.6 Å². The molecule has 1 atom stereocenters. The third-order valence-electron chi connectivity index (χ3n) is 6.36. The van der Waals surface area contributed by atoms with Gasteiger partial charge in [0.05, 0.1) is 19.4 Å². The van der Waals surface area contributed by atoms with Gasteiger partial charge in [-0.25, -0.2) is 0 Å². The maximum absolute atomic E-state index is 14.1. The fourth-order valence-electron chi connectivity index (χ4n) is 4.68. The summed E-state index contributed by atoms with van der Waals surface area (Å²) in [7, 11) is 1.59. The van der Waals surface area contributed by atoms with Crippen LogP contribution in [0.15, 0.2) is 78.9 Å². The summed E-state index contributed by atoms with van der Waals surface area (Å²) in [6.07, 6.45) is 0.680. The molecule has 1 aliphatic rings. The molecule has 0 spiro atoms. The van der Waals surface area contributed by atoms with Crippen LogP contribution in [-0.2, 0) is 31.1 Å². The number of methoxy groups -OCH3 is 1. The molecular weight excluding hydrogens is 456 g/mol. The molecule has 186 valence electrons. The standard InChI is InChI=1S/C29H30N2O5/c1-3-36-27(33)19-20-29(30-26(32)18-17-21-11-7-10-16-25(21)35-2)23-14-8-9-15-24(23)31(28(29)34)22-12-5-4-6-13-22/h4-16H,3,17-20H2,1-2H3,(H,30,32). The van der Waals surface area contributed by atoms with Crippen molar-refractivity contribution in [2.24, 2.45) is 0 Å². The fourth-order valence-corrected chi connectivity index (χ4v) is 4.68. The lowest BCUT2D eigenvalue weighted by Crippen LogP contribution is -2.52. The lowest BCUT2D eigenvalue weighted by atomic mass is 9.86. The molecule has 1 aliphatic heterocycles. The molecule has 1 N–H and O–H groups in total. The van der Waals surface area contributed by atoms with E-state index in [2.05, 4.69) is 5.32 Å². The Hall–Kier alpha value is -4.13. The molecule has 1 unspecified atom stereocenters. The molecule has 0 aliphatic carbocycles. The number of nitrogens with zero attached hydrogens (tertiary/aromatic N) is 1. The molecule has 0 saturated heterocycles.